The van der Waals surface area contributed by atoms with E-state index in [1.165, 1.54) is 11.1 Å². The molecule has 0 aliphatic heterocycles. The molecule has 3 aromatic rings. The van der Waals surface area contributed by atoms with Crippen molar-refractivity contribution in [2.24, 2.45) is 5.92 Å². The van der Waals surface area contributed by atoms with Gasteiger partial charge in [0.1, 0.15) is 5.75 Å². The summed E-state index contributed by atoms with van der Waals surface area (Å²) in [6.07, 6.45) is 1.31. The molecule has 0 bridgehead atoms. The van der Waals surface area contributed by atoms with Gasteiger partial charge in [-0.3, -0.25) is 4.79 Å². The maximum atomic E-state index is 13.2. The number of phenolic OH excluding ortho intramolecular Hbond substituents is 1. The molecule has 0 aromatic heterocycles. The summed E-state index contributed by atoms with van der Waals surface area (Å²) in [6.45, 7) is 4.12. The number of aromatic hydroxyl groups is 1. The fourth-order valence-electron chi connectivity index (χ4n) is 3.41. The Hall–Kier alpha value is -2.87. The minimum absolute atomic E-state index is 0.00823. The third-order valence-corrected chi connectivity index (χ3v) is 4.67. The van der Waals surface area contributed by atoms with Gasteiger partial charge in [0, 0.05) is 5.92 Å². The molecule has 0 saturated carbocycles. The van der Waals surface area contributed by atoms with Crippen LogP contribution in [-0.2, 0) is 12.8 Å². The minimum atomic E-state index is -0.216. The summed E-state index contributed by atoms with van der Waals surface area (Å²) >= 11 is 0. The highest BCUT2D eigenvalue weighted by atomic mass is 16.3. The highest BCUT2D eigenvalue weighted by molar-refractivity contribution is 6.00. The van der Waals surface area contributed by atoms with Gasteiger partial charge >= 0.3 is 0 Å². The third-order valence-electron chi connectivity index (χ3n) is 4.67. The quantitative estimate of drug-likeness (QED) is 0.617. The second-order valence-corrected chi connectivity index (χ2v) is 6.96. The van der Waals surface area contributed by atoms with Gasteiger partial charge in [-0.05, 0) is 49.9 Å². The summed E-state index contributed by atoms with van der Waals surface area (Å²) < 4.78 is 0. The average Bonchev–Trinajstić information content (AvgIpc) is 2.61. The Labute approximate surface area is 155 Å². The van der Waals surface area contributed by atoms with Crippen LogP contribution in [0.1, 0.15) is 32.6 Å². The van der Waals surface area contributed by atoms with Gasteiger partial charge in [-0.1, -0.05) is 71.8 Å². The lowest BCUT2D eigenvalue weighted by atomic mass is 9.85. The van der Waals surface area contributed by atoms with Crippen molar-refractivity contribution < 1.29 is 9.90 Å². The molecule has 0 aliphatic rings. The summed E-state index contributed by atoms with van der Waals surface area (Å²) in [6, 6.07) is 23.4. The number of ketones is 1. The van der Waals surface area contributed by atoms with Crippen LogP contribution < -0.4 is 0 Å². The smallest absolute Gasteiger partial charge is 0.170 e. The van der Waals surface area contributed by atoms with Crippen molar-refractivity contribution in [1.82, 2.24) is 0 Å². The monoisotopic (exact) mass is 344 g/mol. The Balaban J connectivity index is 1.92. The molecule has 0 fully saturated rings. The standard InChI is InChI=1S/C24H24O2/c1-17-7-5-9-19(13-17)15-21(16-20-10-6-8-18(2)14-20)24(26)22-11-3-4-12-23(22)25/h3-14,21,25H,15-16H2,1-2H3. The lowest BCUT2D eigenvalue weighted by Crippen LogP contribution is -2.20. The van der Waals surface area contributed by atoms with E-state index in [-0.39, 0.29) is 17.5 Å². The van der Waals surface area contributed by atoms with Crippen molar-refractivity contribution >= 4 is 5.78 Å². The van der Waals surface area contributed by atoms with Crippen molar-refractivity contribution in [1.29, 1.82) is 0 Å². The van der Waals surface area contributed by atoms with Crippen LogP contribution in [-0.4, -0.2) is 10.9 Å². The van der Waals surface area contributed by atoms with E-state index >= 15 is 0 Å². The molecule has 2 nitrogen and oxygen atoms in total. The normalized spacial score (nSPS) is 10.9. The molecule has 1 N–H and O–H groups in total. The Kier molecular flexibility index (Phi) is 5.52. The molecule has 0 heterocycles. The molecular formula is C24H24O2. The Morgan fingerprint density at radius 2 is 1.35 bits per heavy atom. The van der Waals surface area contributed by atoms with Crippen LogP contribution in [0.25, 0.3) is 0 Å². The number of aryl methyl sites for hydroxylation is 2. The number of hydrogen-bond donors (Lipinski definition) is 1. The van der Waals surface area contributed by atoms with Crippen LogP contribution in [0.4, 0.5) is 0 Å². The number of rotatable bonds is 6. The van der Waals surface area contributed by atoms with E-state index in [1.54, 1.807) is 24.3 Å². The molecule has 0 radical (unpaired) electrons. The van der Waals surface area contributed by atoms with E-state index in [1.807, 2.05) is 12.1 Å². The van der Waals surface area contributed by atoms with Crippen molar-refractivity contribution in [2.45, 2.75) is 26.7 Å². The molecule has 132 valence electrons. The average molecular weight is 344 g/mol. The SMILES string of the molecule is Cc1cccc(CC(Cc2cccc(C)c2)C(=O)c2ccccc2O)c1. The maximum Gasteiger partial charge on any atom is 0.170 e. The Morgan fingerprint density at radius 3 is 1.85 bits per heavy atom. The van der Waals surface area contributed by atoms with Crippen molar-refractivity contribution in [2.75, 3.05) is 0 Å². The Bertz CT molecular complexity index is 864. The first kappa shape index (κ1) is 17.9. The number of para-hydroxylation sites is 1. The van der Waals surface area contributed by atoms with E-state index in [2.05, 4.69) is 50.2 Å². The lowest BCUT2D eigenvalue weighted by Gasteiger charge is -2.18. The van der Waals surface area contributed by atoms with Crippen molar-refractivity contribution in [3.8, 4) is 5.75 Å². The van der Waals surface area contributed by atoms with E-state index in [0.29, 0.717) is 18.4 Å². The number of carbonyl (C=O) groups is 1. The van der Waals surface area contributed by atoms with Crippen LogP contribution in [0.15, 0.2) is 72.8 Å². The molecule has 2 heteroatoms. The first-order chi connectivity index (χ1) is 12.5. The van der Waals surface area contributed by atoms with E-state index in [9.17, 15) is 9.90 Å². The molecule has 0 saturated heterocycles. The number of hydrogen-bond acceptors (Lipinski definition) is 2. The first-order valence-corrected chi connectivity index (χ1v) is 8.96. The zero-order valence-electron chi connectivity index (χ0n) is 15.3. The summed E-state index contributed by atoms with van der Waals surface area (Å²) in [4.78, 5) is 13.2. The molecule has 26 heavy (non-hydrogen) atoms. The van der Waals surface area contributed by atoms with Crippen LogP contribution in [0.2, 0.25) is 0 Å². The van der Waals surface area contributed by atoms with Crippen LogP contribution >= 0.6 is 0 Å². The Morgan fingerprint density at radius 1 is 0.808 bits per heavy atom. The van der Waals surface area contributed by atoms with Gasteiger partial charge in [0.2, 0.25) is 0 Å². The molecular weight excluding hydrogens is 320 g/mol. The van der Waals surface area contributed by atoms with Crippen LogP contribution in [0, 0.1) is 19.8 Å². The summed E-state index contributed by atoms with van der Waals surface area (Å²) in [5.41, 5.74) is 5.06. The van der Waals surface area contributed by atoms with Crippen molar-refractivity contribution in [3.05, 3.63) is 101 Å². The highest BCUT2D eigenvalue weighted by Crippen LogP contribution is 2.25. The zero-order chi connectivity index (χ0) is 18.5. The number of Topliss-reactive ketones (excluding diaryl/α,β-unsaturated/α-hetero) is 1. The number of phenols is 1. The number of carbonyl (C=O) groups excluding carboxylic acids is 1. The minimum Gasteiger partial charge on any atom is -0.507 e. The van der Waals surface area contributed by atoms with Gasteiger partial charge in [0.05, 0.1) is 5.56 Å². The number of benzene rings is 3. The van der Waals surface area contributed by atoms with E-state index in [0.717, 1.165) is 11.1 Å². The third kappa shape index (κ3) is 4.40. The van der Waals surface area contributed by atoms with Gasteiger partial charge in [0.25, 0.3) is 0 Å². The molecule has 0 spiro atoms. The van der Waals surface area contributed by atoms with Gasteiger partial charge in [-0.2, -0.15) is 0 Å². The molecule has 0 atom stereocenters. The summed E-state index contributed by atoms with van der Waals surface area (Å²) in [7, 11) is 0. The summed E-state index contributed by atoms with van der Waals surface area (Å²) in [5.74, 6) is -0.172. The predicted octanol–water partition coefficient (Wildman–Crippen LogP) is 5.29. The van der Waals surface area contributed by atoms with Gasteiger partial charge < -0.3 is 5.11 Å². The topological polar surface area (TPSA) is 37.3 Å². The van der Waals surface area contributed by atoms with Gasteiger partial charge in [0.15, 0.2) is 5.78 Å². The molecule has 3 rings (SSSR count). The lowest BCUT2D eigenvalue weighted by molar-refractivity contribution is 0.0915. The second-order valence-electron chi connectivity index (χ2n) is 6.96. The van der Waals surface area contributed by atoms with Crippen molar-refractivity contribution in [3.63, 3.8) is 0 Å². The molecule has 3 aromatic carbocycles. The van der Waals surface area contributed by atoms with Crippen LogP contribution in [0.3, 0.4) is 0 Å². The summed E-state index contributed by atoms with van der Waals surface area (Å²) in [5, 5.41) is 10.1. The first-order valence-electron chi connectivity index (χ1n) is 8.96. The highest BCUT2D eigenvalue weighted by Gasteiger charge is 2.23. The largest absolute Gasteiger partial charge is 0.507 e. The fraction of sp³-hybridized carbons (Fsp3) is 0.208. The van der Waals surface area contributed by atoms with Gasteiger partial charge in [-0.25, -0.2) is 0 Å². The molecule has 0 amide bonds. The molecule has 0 aliphatic carbocycles. The van der Waals surface area contributed by atoms with Crippen LogP contribution in [0.5, 0.6) is 5.75 Å². The van der Waals surface area contributed by atoms with E-state index < -0.39 is 0 Å². The van der Waals surface area contributed by atoms with Gasteiger partial charge in [-0.15, -0.1) is 0 Å². The molecule has 0 unspecified atom stereocenters. The zero-order valence-corrected chi connectivity index (χ0v) is 15.3. The second kappa shape index (κ2) is 8.01. The maximum absolute atomic E-state index is 13.2. The predicted molar refractivity (Wildman–Crippen MR) is 106 cm³/mol. The fourth-order valence-corrected chi connectivity index (χ4v) is 3.41. The van der Waals surface area contributed by atoms with E-state index in [4.69, 9.17) is 0 Å².